The maximum Gasteiger partial charge on any atom is 0.224 e. The van der Waals surface area contributed by atoms with Gasteiger partial charge in [0.2, 0.25) is 5.91 Å². The summed E-state index contributed by atoms with van der Waals surface area (Å²) < 4.78 is 0. The molecule has 14 heavy (non-hydrogen) atoms. The number of carbonyl (C=O) groups is 1. The Balaban J connectivity index is 2.69. The molecule has 4 nitrogen and oxygen atoms in total. The van der Waals surface area contributed by atoms with Crippen LogP contribution in [0.2, 0.25) is 0 Å². The van der Waals surface area contributed by atoms with E-state index in [0.717, 1.165) is 11.5 Å². The molecule has 4 heteroatoms. The number of anilines is 2. The van der Waals surface area contributed by atoms with Gasteiger partial charge in [-0.05, 0) is 12.1 Å². The lowest BCUT2D eigenvalue weighted by Crippen LogP contribution is -2.12. The van der Waals surface area contributed by atoms with Gasteiger partial charge in [-0.15, -0.1) is 0 Å². The van der Waals surface area contributed by atoms with Crippen molar-refractivity contribution in [1.82, 2.24) is 4.98 Å². The first-order chi connectivity index (χ1) is 6.63. The summed E-state index contributed by atoms with van der Waals surface area (Å²) in [5.74, 6) is 0.879. The van der Waals surface area contributed by atoms with E-state index < -0.39 is 0 Å². The fourth-order valence-corrected chi connectivity index (χ4v) is 0.974. The zero-order valence-corrected chi connectivity index (χ0v) is 8.74. The topological polar surface area (TPSA) is 45.2 Å². The maximum atomic E-state index is 11.1. The van der Waals surface area contributed by atoms with Gasteiger partial charge in [0.25, 0.3) is 0 Å². The molecule has 0 fully saturated rings. The summed E-state index contributed by atoms with van der Waals surface area (Å²) in [7, 11) is 3.85. The molecule has 76 valence electrons. The number of amides is 1. The molecular weight excluding hydrogens is 178 g/mol. The normalized spacial score (nSPS) is 9.64. The average Bonchev–Trinajstić information content (AvgIpc) is 2.18. The predicted octanol–water partition coefficient (Wildman–Crippen LogP) is 1.50. The smallest absolute Gasteiger partial charge is 0.224 e. The van der Waals surface area contributed by atoms with Gasteiger partial charge >= 0.3 is 0 Å². The molecule has 1 aromatic rings. The first-order valence-corrected chi connectivity index (χ1v) is 4.56. The van der Waals surface area contributed by atoms with E-state index in [-0.39, 0.29) is 5.91 Å². The van der Waals surface area contributed by atoms with Crippen LogP contribution in [-0.4, -0.2) is 25.0 Å². The minimum atomic E-state index is 0.00408. The van der Waals surface area contributed by atoms with Crippen molar-refractivity contribution in [3.05, 3.63) is 18.3 Å². The van der Waals surface area contributed by atoms with Crippen molar-refractivity contribution >= 4 is 17.4 Å². The lowest BCUT2D eigenvalue weighted by Gasteiger charge is -2.11. The highest BCUT2D eigenvalue weighted by Gasteiger charge is 2.00. The van der Waals surface area contributed by atoms with E-state index in [9.17, 15) is 4.79 Å². The van der Waals surface area contributed by atoms with E-state index in [4.69, 9.17) is 0 Å². The number of rotatable bonds is 3. The van der Waals surface area contributed by atoms with Crippen molar-refractivity contribution in [2.24, 2.45) is 0 Å². The Morgan fingerprint density at radius 3 is 2.64 bits per heavy atom. The lowest BCUT2D eigenvalue weighted by atomic mass is 10.3. The van der Waals surface area contributed by atoms with Crippen LogP contribution in [0.3, 0.4) is 0 Å². The number of hydrogen-bond donors (Lipinski definition) is 1. The van der Waals surface area contributed by atoms with Crippen molar-refractivity contribution in [1.29, 1.82) is 0 Å². The third-order valence-electron chi connectivity index (χ3n) is 1.81. The van der Waals surface area contributed by atoms with Crippen LogP contribution in [0.1, 0.15) is 13.3 Å². The van der Waals surface area contributed by atoms with Gasteiger partial charge in [-0.2, -0.15) is 0 Å². The van der Waals surface area contributed by atoms with Crippen LogP contribution in [0, 0.1) is 0 Å². The Morgan fingerprint density at radius 2 is 2.21 bits per heavy atom. The summed E-state index contributed by atoms with van der Waals surface area (Å²) in [6.45, 7) is 1.82. The number of aromatic nitrogens is 1. The van der Waals surface area contributed by atoms with Gasteiger partial charge in [0.05, 0.1) is 11.9 Å². The van der Waals surface area contributed by atoms with Gasteiger partial charge in [-0.3, -0.25) is 4.79 Å². The Morgan fingerprint density at radius 1 is 1.50 bits per heavy atom. The number of carbonyl (C=O) groups excluding carboxylic acids is 1. The van der Waals surface area contributed by atoms with Crippen LogP contribution >= 0.6 is 0 Å². The zero-order chi connectivity index (χ0) is 10.6. The highest BCUT2D eigenvalue weighted by atomic mass is 16.1. The highest BCUT2D eigenvalue weighted by Crippen LogP contribution is 2.11. The number of nitrogens with one attached hydrogen (secondary N) is 1. The highest BCUT2D eigenvalue weighted by molar-refractivity contribution is 5.90. The van der Waals surface area contributed by atoms with Gasteiger partial charge in [0.1, 0.15) is 5.82 Å². The van der Waals surface area contributed by atoms with Crippen molar-refractivity contribution in [2.45, 2.75) is 13.3 Å². The zero-order valence-electron chi connectivity index (χ0n) is 8.74. The van der Waals surface area contributed by atoms with Crippen LogP contribution in [-0.2, 0) is 4.79 Å². The molecule has 0 saturated carbocycles. The van der Waals surface area contributed by atoms with Crippen LogP contribution in [0.25, 0.3) is 0 Å². The minimum absolute atomic E-state index is 0.00408. The second-order valence-electron chi connectivity index (χ2n) is 3.20. The molecule has 0 spiro atoms. The first-order valence-electron chi connectivity index (χ1n) is 4.56. The monoisotopic (exact) mass is 193 g/mol. The molecule has 0 atom stereocenters. The number of nitrogens with zero attached hydrogens (tertiary/aromatic N) is 2. The van der Waals surface area contributed by atoms with Gasteiger partial charge < -0.3 is 10.2 Å². The van der Waals surface area contributed by atoms with Gasteiger partial charge in [-0.1, -0.05) is 6.92 Å². The van der Waals surface area contributed by atoms with Crippen molar-refractivity contribution in [3.8, 4) is 0 Å². The fourth-order valence-electron chi connectivity index (χ4n) is 0.974. The second kappa shape index (κ2) is 4.60. The standard InChI is InChI=1S/C10H15N3O/c1-4-10(14)12-8-5-6-9(11-7-8)13(2)3/h5-7H,4H2,1-3H3,(H,12,14). The van der Waals surface area contributed by atoms with Crippen molar-refractivity contribution in [2.75, 3.05) is 24.3 Å². The van der Waals surface area contributed by atoms with Crippen LogP contribution in [0.4, 0.5) is 11.5 Å². The molecule has 1 aromatic heterocycles. The summed E-state index contributed by atoms with van der Waals surface area (Å²) in [5, 5.41) is 2.74. The van der Waals surface area contributed by atoms with Crippen LogP contribution in [0.5, 0.6) is 0 Å². The van der Waals surface area contributed by atoms with E-state index in [1.807, 2.05) is 38.1 Å². The first kappa shape index (κ1) is 10.5. The molecule has 0 bridgehead atoms. The van der Waals surface area contributed by atoms with E-state index in [2.05, 4.69) is 10.3 Å². The SMILES string of the molecule is CCC(=O)Nc1ccc(N(C)C)nc1. The van der Waals surface area contributed by atoms with Gasteiger partial charge in [0, 0.05) is 20.5 Å². The molecule has 0 aliphatic heterocycles. The Kier molecular flexibility index (Phi) is 3.45. The van der Waals surface area contributed by atoms with E-state index in [1.165, 1.54) is 0 Å². The van der Waals surface area contributed by atoms with Crippen LogP contribution < -0.4 is 10.2 Å². The van der Waals surface area contributed by atoms with Crippen molar-refractivity contribution < 1.29 is 4.79 Å². The van der Waals surface area contributed by atoms with Crippen LogP contribution in [0.15, 0.2) is 18.3 Å². The summed E-state index contributed by atoms with van der Waals surface area (Å²) >= 11 is 0. The lowest BCUT2D eigenvalue weighted by molar-refractivity contribution is -0.115. The molecule has 0 unspecified atom stereocenters. The Hall–Kier alpha value is -1.58. The van der Waals surface area contributed by atoms with Gasteiger partial charge in [-0.25, -0.2) is 4.98 Å². The minimum Gasteiger partial charge on any atom is -0.363 e. The number of pyridine rings is 1. The molecular formula is C10H15N3O. The molecule has 1 amide bonds. The summed E-state index contributed by atoms with van der Waals surface area (Å²) in [5.41, 5.74) is 0.738. The fraction of sp³-hybridized carbons (Fsp3) is 0.400. The van der Waals surface area contributed by atoms with E-state index in [1.54, 1.807) is 6.20 Å². The van der Waals surface area contributed by atoms with Gasteiger partial charge in [0.15, 0.2) is 0 Å². The summed E-state index contributed by atoms with van der Waals surface area (Å²) in [6.07, 6.45) is 2.14. The largest absolute Gasteiger partial charge is 0.363 e. The molecule has 0 saturated heterocycles. The maximum absolute atomic E-state index is 11.1. The summed E-state index contributed by atoms with van der Waals surface area (Å²) in [4.78, 5) is 17.1. The third-order valence-corrected chi connectivity index (χ3v) is 1.81. The van der Waals surface area contributed by atoms with E-state index >= 15 is 0 Å². The molecule has 0 aliphatic carbocycles. The Bertz CT molecular complexity index is 306. The molecule has 0 radical (unpaired) electrons. The third kappa shape index (κ3) is 2.73. The van der Waals surface area contributed by atoms with Crippen molar-refractivity contribution in [3.63, 3.8) is 0 Å². The molecule has 1 rings (SSSR count). The Labute approximate surface area is 83.9 Å². The van der Waals surface area contributed by atoms with E-state index in [0.29, 0.717) is 6.42 Å². The summed E-state index contributed by atoms with van der Waals surface area (Å²) in [6, 6.07) is 3.71. The number of hydrogen-bond acceptors (Lipinski definition) is 3. The second-order valence-corrected chi connectivity index (χ2v) is 3.20. The molecule has 1 heterocycles. The molecule has 0 aromatic carbocycles. The molecule has 0 aliphatic rings. The molecule has 1 N–H and O–H groups in total. The predicted molar refractivity (Wildman–Crippen MR) is 57.5 cm³/mol. The average molecular weight is 193 g/mol. The quantitative estimate of drug-likeness (QED) is 0.791.